The van der Waals surface area contributed by atoms with Crippen LogP contribution in [0.25, 0.3) is 0 Å². The molecule has 1 unspecified atom stereocenters. The van der Waals surface area contributed by atoms with E-state index in [1.807, 2.05) is 20.9 Å². The molecule has 7 heterocycles. The summed E-state index contributed by atoms with van der Waals surface area (Å²) in [7, 11) is 5.08. The molecule has 7 aliphatic heterocycles. The highest BCUT2D eigenvalue weighted by atomic mass is 32.2. The van der Waals surface area contributed by atoms with Gasteiger partial charge in [-0.1, -0.05) is 71.3 Å². The highest BCUT2D eigenvalue weighted by Gasteiger charge is 2.61. The number of ether oxygens (including phenoxy) is 7. The number of esters is 3. The molecule has 1 spiro atoms. The summed E-state index contributed by atoms with van der Waals surface area (Å²) in [6, 6.07) is 3.08. The van der Waals surface area contributed by atoms with Gasteiger partial charge in [0.25, 0.3) is 0 Å². The molecule has 0 aromatic heterocycles. The van der Waals surface area contributed by atoms with E-state index >= 15 is 4.79 Å². The summed E-state index contributed by atoms with van der Waals surface area (Å²) in [5.74, 6) is 1.23. The number of aromatic hydroxyl groups is 1. The highest BCUT2D eigenvalue weighted by molar-refractivity contribution is 7.99. The van der Waals surface area contributed by atoms with Gasteiger partial charge in [-0.15, -0.1) is 11.8 Å². The van der Waals surface area contributed by atoms with Crippen LogP contribution in [-0.4, -0.2) is 103 Å². The Balaban J connectivity index is 1.24. The first-order valence-corrected chi connectivity index (χ1v) is 26.1. The van der Waals surface area contributed by atoms with Crippen molar-refractivity contribution < 1.29 is 57.8 Å². The Kier molecular flexibility index (Phi) is 14.7. The Morgan fingerprint density at radius 1 is 0.841 bits per heavy atom. The van der Waals surface area contributed by atoms with Gasteiger partial charge in [0.15, 0.2) is 40.0 Å². The van der Waals surface area contributed by atoms with Gasteiger partial charge in [-0.3, -0.25) is 24.7 Å². The number of carbonyl (C=O) groups excluding carboxylic acids is 3. The maximum absolute atomic E-state index is 15.1. The largest absolute Gasteiger partial charge is 0.504 e. The number of carbonyl (C=O) groups is 3. The summed E-state index contributed by atoms with van der Waals surface area (Å²) in [4.78, 5) is 47.4. The summed E-state index contributed by atoms with van der Waals surface area (Å²) < 4.78 is 44.0. The van der Waals surface area contributed by atoms with E-state index in [1.165, 1.54) is 18.9 Å². The SMILES string of the molecule is CCCCCCCC(=O)Oc1c(C)c2c(c3c1[C@H]1SC[C@]4(NCCc5cc(O)c(OC)cc54)C(=O)OC[C@H]3N3C1[C@@H]1c4c(cc(C)c(OC)c4OC(=O)CCCCCCC)C[C@H]([C@@H]3O)N1C)OCO2. The molecule has 10 rings (SSSR count). The molecule has 69 heavy (non-hydrogen) atoms. The van der Waals surface area contributed by atoms with Crippen molar-refractivity contribution in [1.29, 1.82) is 0 Å². The zero-order chi connectivity index (χ0) is 48.7. The molecule has 0 aliphatic carbocycles. The Morgan fingerprint density at radius 2 is 1.52 bits per heavy atom. The minimum Gasteiger partial charge on any atom is -0.504 e. The normalized spacial score (nSPS) is 25.5. The Hall–Kier alpha value is -4.74. The Labute approximate surface area is 409 Å². The van der Waals surface area contributed by atoms with Gasteiger partial charge in [-0.2, -0.15) is 0 Å². The summed E-state index contributed by atoms with van der Waals surface area (Å²) in [5.41, 5.74) is 4.53. The van der Waals surface area contributed by atoms with Crippen LogP contribution >= 0.6 is 11.8 Å². The molecule has 16 heteroatoms. The van der Waals surface area contributed by atoms with E-state index in [0.717, 1.165) is 73.6 Å². The Morgan fingerprint density at radius 3 is 2.20 bits per heavy atom. The van der Waals surface area contributed by atoms with Crippen molar-refractivity contribution in [2.75, 3.05) is 47.0 Å². The van der Waals surface area contributed by atoms with Crippen LogP contribution in [0.15, 0.2) is 18.2 Å². The number of unbranched alkanes of at least 4 members (excludes halogenated alkanes) is 8. The quantitative estimate of drug-likeness (QED) is 0.0710. The molecule has 0 saturated carbocycles. The van der Waals surface area contributed by atoms with Crippen LogP contribution in [-0.2, 0) is 37.5 Å². The molecular formula is C53H69N3O12S. The smallest absolute Gasteiger partial charge is 0.331 e. The number of likely N-dealkylation sites (N-methyl/N-ethyl adjacent to an activating group) is 1. The van der Waals surface area contributed by atoms with Crippen molar-refractivity contribution in [2.45, 2.75) is 159 Å². The van der Waals surface area contributed by atoms with Crippen LogP contribution in [0.5, 0.6) is 40.2 Å². The van der Waals surface area contributed by atoms with Gasteiger partial charge in [-0.05, 0) is 81.0 Å². The van der Waals surface area contributed by atoms with Crippen LogP contribution < -0.4 is 33.7 Å². The van der Waals surface area contributed by atoms with E-state index in [9.17, 15) is 19.8 Å². The molecule has 7 aliphatic rings. The van der Waals surface area contributed by atoms with Gasteiger partial charge >= 0.3 is 17.9 Å². The second-order valence-electron chi connectivity index (χ2n) is 19.6. The second-order valence-corrected chi connectivity index (χ2v) is 20.7. The number of hydrogen-bond donors (Lipinski definition) is 3. The third-order valence-corrected chi connectivity index (χ3v) is 16.9. The molecule has 3 aromatic carbocycles. The summed E-state index contributed by atoms with van der Waals surface area (Å²) in [6.07, 6.45) is 10.1. The van der Waals surface area contributed by atoms with Gasteiger partial charge in [0.05, 0.1) is 37.6 Å². The Bertz CT molecular complexity index is 2460. The molecule has 0 radical (unpaired) electrons. The molecule has 3 aromatic rings. The number of rotatable bonds is 16. The van der Waals surface area contributed by atoms with Crippen molar-refractivity contribution >= 4 is 29.7 Å². The van der Waals surface area contributed by atoms with Gasteiger partial charge in [0.1, 0.15) is 18.6 Å². The average Bonchev–Trinajstić information content (AvgIpc) is 3.83. The lowest BCUT2D eigenvalue weighted by atomic mass is 9.73. The van der Waals surface area contributed by atoms with Crippen LogP contribution in [0.2, 0.25) is 0 Å². The molecule has 0 amide bonds. The van der Waals surface area contributed by atoms with Crippen LogP contribution in [0.4, 0.5) is 0 Å². The number of phenolic OH excluding ortho intramolecular Hbond substituents is 1. The molecule has 2 saturated heterocycles. The molecule has 374 valence electrons. The summed E-state index contributed by atoms with van der Waals surface area (Å²) in [5, 5.41) is 26.9. The topological polar surface area (TPSA) is 175 Å². The number of aryl methyl sites for hydroxylation is 1. The van der Waals surface area contributed by atoms with E-state index in [1.54, 1.807) is 19.2 Å². The number of methoxy groups -OCH3 is 2. The third-order valence-electron chi connectivity index (χ3n) is 15.4. The maximum atomic E-state index is 15.1. The number of thioether (sulfide) groups is 1. The number of hydrogen-bond acceptors (Lipinski definition) is 16. The summed E-state index contributed by atoms with van der Waals surface area (Å²) in [6.45, 7) is 8.30. The van der Waals surface area contributed by atoms with Crippen molar-refractivity contribution in [3.8, 4) is 40.2 Å². The fraction of sp³-hybridized carbons (Fsp3) is 0.604. The molecule has 7 atom stereocenters. The molecular weight excluding hydrogens is 903 g/mol. The first-order chi connectivity index (χ1) is 33.4. The minimum absolute atomic E-state index is 0.0235. The predicted octanol–water partition coefficient (Wildman–Crippen LogP) is 8.31. The van der Waals surface area contributed by atoms with Gasteiger partial charge in [0.2, 0.25) is 6.79 Å². The number of nitrogens with one attached hydrogen (secondary N) is 1. The van der Waals surface area contributed by atoms with E-state index in [0.29, 0.717) is 83.2 Å². The third kappa shape index (κ3) is 8.69. The lowest BCUT2D eigenvalue weighted by Crippen LogP contribution is -2.70. The number of fused-ring (bicyclic) bond motifs is 9. The average molecular weight is 972 g/mol. The number of phenols is 1. The molecule has 3 N–H and O–H groups in total. The van der Waals surface area contributed by atoms with E-state index in [-0.39, 0.29) is 55.4 Å². The number of aliphatic hydroxyl groups excluding tert-OH is 1. The fourth-order valence-electron chi connectivity index (χ4n) is 12.0. The van der Waals surface area contributed by atoms with Crippen LogP contribution in [0, 0.1) is 13.8 Å². The lowest BCUT2D eigenvalue weighted by molar-refractivity contribution is -0.186. The first-order valence-electron chi connectivity index (χ1n) is 25.1. The van der Waals surface area contributed by atoms with Crippen molar-refractivity contribution in [3.05, 3.63) is 62.7 Å². The van der Waals surface area contributed by atoms with E-state index in [2.05, 4.69) is 35.0 Å². The minimum atomic E-state index is -1.40. The van der Waals surface area contributed by atoms with Crippen molar-refractivity contribution in [2.24, 2.45) is 0 Å². The van der Waals surface area contributed by atoms with Crippen molar-refractivity contribution in [3.63, 3.8) is 0 Å². The van der Waals surface area contributed by atoms with Crippen LogP contribution in [0.3, 0.4) is 0 Å². The monoisotopic (exact) mass is 971 g/mol. The maximum Gasteiger partial charge on any atom is 0.331 e. The fourth-order valence-corrected chi connectivity index (χ4v) is 13.7. The predicted molar refractivity (Wildman–Crippen MR) is 260 cm³/mol. The molecule has 2 fully saturated rings. The zero-order valence-electron chi connectivity index (χ0n) is 41.2. The van der Waals surface area contributed by atoms with Crippen LogP contribution in [0.1, 0.15) is 153 Å². The first kappa shape index (κ1) is 49.2. The van der Waals surface area contributed by atoms with Gasteiger partial charge in [-0.25, -0.2) is 4.79 Å². The molecule has 15 nitrogen and oxygen atoms in total. The number of benzene rings is 3. The second kappa shape index (κ2) is 20.5. The number of aliphatic hydroxyl groups is 1. The highest BCUT2D eigenvalue weighted by Crippen LogP contribution is 2.64. The van der Waals surface area contributed by atoms with E-state index in [4.69, 9.17) is 33.2 Å². The van der Waals surface area contributed by atoms with Crippen molar-refractivity contribution in [1.82, 2.24) is 15.1 Å². The standard InChI is InChI=1S/C53H69N3O12S/c1-8-10-12-14-16-18-38(58)67-46-30(4)47-48(66-28-65-47)41-35-26-64-52(61)53(33-25-37(62-6)36(57)24-31(33)20-21-54-53)27-69-50(42(41)46)44-43-40-32(23-34(55(43)5)51(60)56(35)44)22-29(3)45(63-7)49(40)68-39(59)19-17-15-13-11-9-2/h22,24-25,34-35,43-44,50-51,54,57,60H,8-21,23,26-28H2,1-7H3/t34-,35-,43+,44?,50-,51+,53-/m1/s1. The molecule has 4 bridgehead atoms. The number of piperazine rings is 1. The van der Waals surface area contributed by atoms with Gasteiger partial charge < -0.3 is 43.4 Å². The van der Waals surface area contributed by atoms with Gasteiger partial charge in [0, 0.05) is 53.4 Å². The van der Waals surface area contributed by atoms with E-state index < -0.39 is 47.2 Å². The summed E-state index contributed by atoms with van der Waals surface area (Å²) >= 11 is 1.50. The lowest BCUT2D eigenvalue weighted by Gasteiger charge is -2.62. The number of nitrogens with zero attached hydrogens (tertiary/aromatic N) is 2. The zero-order valence-corrected chi connectivity index (χ0v) is 42.0.